The molecule has 0 fully saturated rings. The number of nitrogens with two attached hydrogens (primary N) is 1. The van der Waals surface area contributed by atoms with Gasteiger partial charge in [0, 0.05) is 22.8 Å². The van der Waals surface area contributed by atoms with Crippen LogP contribution in [0.25, 0.3) is 0 Å². The molecule has 0 saturated carbocycles. The quantitative estimate of drug-likeness (QED) is 0.636. The highest BCUT2D eigenvalue weighted by atomic mass is 15.1. The number of guanidine groups is 1. The van der Waals surface area contributed by atoms with Crippen molar-refractivity contribution in [1.82, 2.24) is 10.3 Å². The van der Waals surface area contributed by atoms with E-state index in [0.717, 1.165) is 5.69 Å². The first-order chi connectivity index (χ1) is 8.21. The van der Waals surface area contributed by atoms with Gasteiger partial charge in [0.25, 0.3) is 0 Å². The average molecular weight is 248 g/mol. The molecule has 1 heterocycles. The summed E-state index contributed by atoms with van der Waals surface area (Å²) in [6.45, 7) is 11.0. The van der Waals surface area contributed by atoms with Crippen LogP contribution < -0.4 is 11.1 Å². The van der Waals surface area contributed by atoms with Gasteiger partial charge < -0.3 is 11.1 Å². The average Bonchev–Trinajstić information content (AvgIpc) is 2.26. The van der Waals surface area contributed by atoms with Crippen LogP contribution in [0.5, 0.6) is 0 Å². The molecule has 1 aromatic heterocycles. The highest BCUT2D eigenvalue weighted by Crippen LogP contribution is 2.20. The second kappa shape index (κ2) is 5.38. The van der Waals surface area contributed by atoms with Crippen LogP contribution in [0.3, 0.4) is 0 Å². The third-order valence-corrected chi connectivity index (χ3v) is 2.51. The maximum absolute atomic E-state index is 5.86. The zero-order valence-electron chi connectivity index (χ0n) is 12.0. The molecule has 0 bridgehead atoms. The van der Waals surface area contributed by atoms with Gasteiger partial charge in [0.2, 0.25) is 0 Å². The minimum atomic E-state index is -0.120. The lowest BCUT2D eigenvalue weighted by Crippen LogP contribution is -2.45. The Hall–Kier alpha value is -1.58. The van der Waals surface area contributed by atoms with Crippen molar-refractivity contribution in [3.8, 4) is 0 Å². The lowest BCUT2D eigenvalue weighted by Gasteiger charge is -2.24. The molecule has 3 N–H and O–H groups in total. The van der Waals surface area contributed by atoms with E-state index in [1.807, 2.05) is 18.2 Å². The van der Waals surface area contributed by atoms with Crippen molar-refractivity contribution in [2.24, 2.45) is 10.7 Å². The Morgan fingerprint density at radius 2 is 1.94 bits per heavy atom. The lowest BCUT2D eigenvalue weighted by molar-refractivity contribution is 0.496. The first kappa shape index (κ1) is 14.5. The maximum Gasteiger partial charge on any atom is 0.189 e. The normalized spacial score (nSPS) is 13.5. The second-order valence-electron chi connectivity index (χ2n) is 6.18. The third kappa shape index (κ3) is 4.73. The van der Waals surface area contributed by atoms with Crippen LogP contribution in [0.15, 0.2) is 29.4 Å². The van der Waals surface area contributed by atoms with Crippen molar-refractivity contribution in [3.05, 3.63) is 30.1 Å². The zero-order chi connectivity index (χ0) is 13.8. The fraction of sp³-hybridized carbons (Fsp3) is 0.571. The summed E-state index contributed by atoms with van der Waals surface area (Å²) in [5.74, 6) is 0.478. The van der Waals surface area contributed by atoms with Crippen LogP contribution in [0.2, 0.25) is 0 Å². The highest BCUT2D eigenvalue weighted by Gasteiger charge is 2.21. The minimum absolute atomic E-state index is 0.0667. The van der Waals surface area contributed by atoms with Gasteiger partial charge in [-0.05, 0) is 32.9 Å². The van der Waals surface area contributed by atoms with Gasteiger partial charge in [0.1, 0.15) is 0 Å². The van der Waals surface area contributed by atoms with Crippen molar-refractivity contribution in [2.75, 3.05) is 6.54 Å². The maximum atomic E-state index is 5.86. The molecular weight excluding hydrogens is 224 g/mol. The number of hydrogen-bond donors (Lipinski definition) is 2. The lowest BCUT2D eigenvalue weighted by atomic mass is 9.89. The molecule has 100 valence electrons. The molecule has 0 aliphatic rings. The molecule has 0 spiro atoms. The third-order valence-electron chi connectivity index (χ3n) is 2.51. The summed E-state index contributed by atoms with van der Waals surface area (Å²) in [6, 6.07) is 5.92. The molecule has 0 aliphatic carbocycles. The molecule has 0 aromatic carbocycles. The van der Waals surface area contributed by atoms with Crippen LogP contribution >= 0.6 is 0 Å². The van der Waals surface area contributed by atoms with E-state index in [2.05, 4.69) is 49.9 Å². The number of nitrogens with zero attached hydrogens (tertiary/aromatic N) is 2. The van der Waals surface area contributed by atoms with E-state index in [0.29, 0.717) is 12.5 Å². The van der Waals surface area contributed by atoms with Crippen LogP contribution in [-0.2, 0) is 5.41 Å². The first-order valence-corrected chi connectivity index (χ1v) is 6.20. The Morgan fingerprint density at radius 3 is 2.44 bits per heavy atom. The van der Waals surface area contributed by atoms with Gasteiger partial charge in [-0.1, -0.05) is 19.9 Å². The van der Waals surface area contributed by atoms with Crippen molar-refractivity contribution in [2.45, 2.75) is 45.6 Å². The van der Waals surface area contributed by atoms with Crippen LogP contribution in [0.4, 0.5) is 0 Å². The predicted molar refractivity (Wildman–Crippen MR) is 76.6 cm³/mol. The summed E-state index contributed by atoms with van der Waals surface area (Å²) in [5.41, 5.74) is 6.70. The Kier molecular flexibility index (Phi) is 4.33. The summed E-state index contributed by atoms with van der Waals surface area (Å²) in [5, 5.41) is 3.15. The molecule has 0 unspecified atom stereocenters. The van der Waals surface area contributed by atoms with Gasteiger partial charge in [-0.15, -0.1) is 0 Å². The van der Waals surface area contributed by atoms with Gasteiger partial charge in [-0.2, -0.15) is 0 Å². The molecule has 0 aliphatic heterocycles. The van der Waals surface area contributed by atoms with E-state index < -0.39 is 0 Å². The minimum Gasteiger partial charge on any atom is -0.370 e. The van der Waals surface area contributed by atoms with E-state index in [1.165, 1.54) is 0 Å². The van der Waals surface area contributed by atoms with Gasteiger partial charge in [0.05, 0.1) is 6.54 Å². The number of rotatable bonds is 3. The number of aromatic nitrogens is 1. The topological polar surface area (TPSA) is 63.3 Å². The van der Waals surface area contributed by atoms with E-state index in [1.54, 1.807) is 6.20 Å². The van der Waals surface area contributed by atoms with Gasteiger partial charge in [-0.25, -0.2) is 0 Å². The van der Waals surface area contributed by atoms with Gasteiger partial charge in [0.15, 0.2) is 5.96 Å². The molecule has 0 radical (unpaired) electrons. The fourth-order valence-corrected chi connectivity index (χ4v) is 1.55. The standard InChI is InChI=1S/C14H24N4/c1-13(2,3)18-12(15)17-10-14(4,5)11-8-6-7-9-16-11/h6-9H,10H2,1-5H3,(H3,15,17,18). The molecule has 18 heavy (non-hydrogen) atoms. The summed E-state index contributed by atoms with van der Waals surface area (Å²) >= 11 is 0. The van der Waals surface area contributed by atoms with E-state index in [-0.39, 0.29) is 11.0 Å². The summed E-state index contributed by atoms with van der Waals surface area (Å²) in [7, 11) is 0. The van der Waals surface area contributed by atoms with Gasteiger partial charge in [-0.3, -0.25) is 9.98 Å². The second-order valence-corrected chi connectivity index (χ2v) is 6.18. The molecule has 0 atom stereocenters. The number of pyridine rings is 1. The van der Waals surface area contributed by atoms with E-state index in [4.69, 9.17) is 5.73 Å². The number of aliphatic imine (C=N–C) groups is 1. The van der Waals surface area contributed by atoms with E-state index in [9.17, 15) is 0 Å². The summed E-state index contributed by atoms with van der Waals surface area (Å²) < 4.78 is 0. The Labute approximate surface area is 110 Å². The molecule has 0 saturated heterocycles. The monoisotopic (exact) mass is 248 g/mol. The molecule has 1 aromatic rings. The van der Waals surface area contributed by atoms with Crippen molar-refractivity contribution in [1.29, 1.82) is 0 Å². The smallest absolute Gasteiger partial charge is 0.189 e. The zero-order valence-corrected chi connectivity index (χ0v) is 12.0. The molecule has 1 rings (SSSR count). The molecular formula is C14H24N4. The predicted octanol–water partition coefficient (Wildman–Crippen LogP) is 2.06. The summed E-state index contributed by atoms with van der Waals surface area (Å²) in [4.78, 5) is 8.77. The molecule has 4 heteroatoms. The molecule has 4 nitrogen and oxygen atoms in total. The Bertz CT molecular complexity index is 402. The fourth-order valence-electron chi connectivity index (χ4n) is 1.55. The summed E-state index contributed by atoms with van der Waals surface area (Å²) in [6.07, 6.45) is 1.80. The van der Waals surface area contributed by atoms with Crippen molar-refractivity contribution >= 4 is 5.96 Å². The Balaban J connectivity index is 2.70. The van der Waals surface area contributed by atoms with Crippen LogP contribution in [0.1, 0.15) is 40.3 Å². The Morgan fingerprint density at radius 1 is 1.28 bits per heavy atom. The highest BCUT2D eigenvalue weighted by molar-refractivity contribution is 5.78. The largest absolute Gasteiger partial charge is 0.370 e. The number of nitrogens with one attached hydrogen (secondary N) is 1. The molecule has 0 amide bonds. The van der Waals surface area contributed by atoms with Crippen molar-refractivity contribution < 1.29 is 0 Å². The van der Waals surface area contributed by atoms with Gasteiger partial charge >= 0.3 is 0 Å². The van der Waals surface area contributed by atoms with E-state index >= 15 is 0 Å². The van der Waals surface area contributed by atoms with Crippen LogP contribution in [-0.4, -0.2) is 23.0 Å². The SMILES string of the molecule is CC(C)(C)NC(N)=NCC(C)(C)c1ccccn1. The van der Waals surface area contributed by atoms with Crippen LogP contribution in [0, 0.1) is 0 Å². The van der Waals surface area contributed by atoms with Crippen molar-refractivity contribution in [3.63, 3.8) is 0 Å². The first-order valence-electron chi connectivity index (χ1n) is 6.20. The number of hydrogen-bond acceptors (Lipinski definition) is 2.